The molecule has 1 aliphatic rings. The number of nitrogens with two attached hydrogens (primary N) is 1. The molecule has 2 unspecified atom stereocenters. The van der Waals surface area contributed by atoms with Crippen molar-refractivity contribution in [3.8, 4) is 0 Å². The molecule has 2 atom stereocenters. The van der Waals surface area contributed by atoms with Gasteiger partial charge in [-0.05, 0) is 17.9 Å². The van der Waals surface area contributed by atoms with Crippen molar-refractivity contribution in [3.05, 3.63) is 0 Å². The maximum atomic E-state index is 5.87. The highest BCUT2D eigenvalue weighted by atomic mass is 32.2. The number of rotatable bonds is 6. The molecule has 2 N–H and O–H groups in total. The summed E-state index contributed by atoms with van der Waals surface area (Å²) in [7, 11) is 0. The van der Waals surface area contributed by atoms with Gasteiger partial charge in [0.15, 0.2) is 0 Å². The van der Waals surface area contributed by atoms with Crippen LogP contribution < -0.4 is 5.73 Å². The van der Waals surface area contributed by atoms with Crippen molar-refractivity contribution in [2.75, 3.05) is 36.9 Å². The molecule has 1 aliphatic heterocycles. The summed E-state index contributed by atoms with van der Waals surface area (Å²) >= 11 is 4.12. The van der Waals surface area contributed by atoms with Crippen LogP contribution in [0.25, 0.3) is 0 Å². The largest absolute Gasteiger partial charge is 0.329 e. The summed E-state index contributed by atoms with van der Waals surface area (Å²) < 4.78 is 0. The van der Waals surface area contributed by atoms with E-state index >= 15 is 0 Å². The normalized spacial score (nSPS) is 25.4. The van der Waals surface area contributed by atoms with E-state index in [1.165, 1.54) is 36.8 Å². The molecule has 0 spiro atoms. The fourth-order valence-electron chi connectivity index (χ4n) is 1.99. The molecule has 15 heavy (non-hydrogen) atoms. The van der Waals surface area contributed by atoms with Gasteiger partial charge in [0.25, 0.3) is 0 Å². The molecule has 1 heterocycles. The average molecular weight is 248 g/mol. The number of thioether (sulfide) groups is 2. The van der Waals surface area contributed by atoms with Crippen LogP contribution in [0.4, 0.5) is 0 Å². The summed E-state index contributed by atoms with van der Waals surface area (Å²) in [5, 5.41) is 0.784. The average Bonchev–Trinajstić information content (AvgIpc) is 2.24. The summed E-state index contributed by atoms with van der Waals surface area (Å²) in [4.78, 5) is 2.59. The Morgan fingerprint density at radius 3 is 3.00 bits per heavy atom. The van der Waals surface area contributed by atoms with Crippen LogP contribution in [0.15, 0.2) is 0 Å². The van der Waals surface area contributed by atoms with Gasteiger partial charge in [-0.2, -0.15) is 23.5 Å². The minimum absolute atomic E-state index is 0.618. The first-order valence-corrected chi connectivity index (χ1v) is 8.11. The molecule has 1 rings (SSSR count). The second-order valence-electron chi connectivity index (χ2n) is 4.05. The van der Waals surface area contributed by atoms with Crippen molar-refractivity contribution in [3.63, 3.8) is 0 Å². The second-order valence-corrected chi connectivity index (χ2v) is 6.99. The smallest absolute Gasteiger partial charge is 0.0227 e. The molecule has 0 aromatic heterocycles. The van der Waals surface area contributed by atoms with Crippen LogP contribution in [-0.2, 0) is 0 Å². The third kappa shape index (κ3) is 4.98. The highest BCUT2D eigenvalue weighted by molar-refractivity contribution is 8.00. The van der Waals surface area contributed by atoms with E-state index < -0.39 is 0 Å². The maximum absolute atomic E-state index is 5.87. The Bertz CT molecular complexity index is 167. The Morgan fingerprint density at radius 2 is 2.40 bits per heavy atom. The monoisotopic (exact) mass is 248 g/mol. The van der Waals surface area contributed by atoms with Crippen LogP contribution in [-0.4, -0.2) is 53.1 Å². The molecular formula is C11H24N2S2. The molecule has 2 nitrogen and oxygen atoms in total. The Balaban J connectivity index is 2.29. The molecule has 0 radical (unpaired) electrons. The zero-order chi connectivity index (χ0) is 11.1. The number of hydrogen-bond acceptors (Lipinski definition) is 4. The molecule has 0 aromatic carbocycles. The topological polar surface area (TPSA) is 29.3 Å². The SMILES string of the molecule is CCSCCC(CN)N1CCSC(C)C1. The first-order valence-electron chi connectivity index (χ1n) is 5.91. The summed E-state index contributed by atoms with van der Waals surface area (Å²) in [6.07, 6.45) is 1.26. The zero-order valence-electron chi connectivity index (χ0n) is 9.95. The summed E-state index contributed by atoms with van der Waals surface area (Å²) in [5.41, 5.74) is 5.87. The molecule has 90 valence electrons. The van der Waals surface area contributed by atoms with Crippen LogP contribution in [0, 0.1) is 0 Å². The van der Waals surface area contributed by atoms with E-state index in [-0.39, 0.29) is 0 Å². The number of nitrogens with zero attached hydrogens (tertiary/aromatic N) is 1. The third-order valence-corrected chi connectivity index (χ3v) is 4.93. The first kappa shape index (κ1) is 13.7. The molecule has 1 fully saturated rings. The van der Waals surface area contributed by atoms with Crippen LogP contribution in [0.3, 0.4) is 0 Å². The molecular weight excluding hydrogens is 224 g/mol. The summed E-state index contributed by atoms with van der Waals surface area (Å²) in [5.74, 6) is 3.76. The van der Waals surface area contributed by atoms with Gasteiger partial charge in [0.2, 0.25) is 0 Å². The molecule has 0 bridgehead atoms. The van der Waals surface area contributed by atoms with Gasteiger partial charge in [-0.15, -0.1) is 0 Å². The predicted molar refractivity (Wildman–Crippen MR) is 74.0 cm³/mol. The van der Waals surface area contributed by atoms with Gasteiger partial charge < -0.3 is 5.73 Å². The van der Waals surface area contributed by atoms with Crippen molar-refractivity contribution < 1.29 is 0 Å². The molecule has 1 saturated heterocycles. The molecule has 0 saturated carbocycles. The lowest BCUT2D eigenvalue weighted by atomic mass is 10.2. The lowest BCUT2D eigenvalue weighted by molar-refractivity contribution is 0.205. The lowest BCUT2D eigenvalue weighted by Gasteiger charge is -2.36. The van der Waals surface area contributed by atoms with Crippen LogP contribution in [0.5, 0.6) is 0 Å². The Kier molecular flexibility index (Phi) is 7.14. The van der Waals surface area contributed by atoms with E-state index in [0.717, 1.165) is 11.8 Å². The molecule has 4 heteroatoms. The van der Waals surface area contributed by atoms with Gasteiger partial charge in [0.1, 0.15) is 0 Å². The third-order valence-electron chi connectivity index (χ3n) is 2.86. The fraction of sp³-hybridized carbons (Fsp3) is 1.00. The highest BCUT2D eigenvalue weighted by Crippen LogP contribution is 2.21. The highest BCUT2D eigenvalue weighted by Gasteiger charge is 2.22. The Hall–Kier alpha value is 0.620. The molecule has 0 aromatic rings. The van der Waals surface area contributed by atoms with E-state index in [0.29, 0.717) is 6.04 Å². The van der Waals surface area contributed by atoms with Crippen molar-refractivity contribution in [1.29, 1.82) is 0 Å². The standard InChI is InChI=1S/C11H24N2S2/c1-3-14-6-4-11(8-12)13-5-7-15-10(2)9-13/h10-11H,3-9,12H2,1-2H3. The Morgan fingerprint density at radius 1 is 1.60 bits per heavy atom. The van der Waals surface area contributed by atoms with Gasteiger partial charge in [-0.3, -0.25) is 4.90 Å². The molecule has 0 amide bonds. The van der Waals surface area contributed by atoms with Crippen LogP contribution >= 0.6 is 23.5 Å². The quantitative estimate of drug-likeness (QED) is 0.727. The van der Waals surface area contributed by atoms with Gasteiger partial charge in [-0.1, -0.05) is 13.8 Å². The van der Waals surface area contributed by atoms with Crippen molar-refractivity contribution in [1.82, 2.24) is 4.90 Å². The summed E-state index contributed by atoms with van der Waals surface area (Å²) in [6.45, 7) is 7.82. The van der Waals surface area contributed by atoms with Crippen LogP contribution in [0.1, 0.15) is 20.3 Å². The lowest BCUT2D eigenvalue weighted by Crippen LogP contribution is -2.47. The van der Waals surface area contributed by atoms with E-state index in [1.807, 2.05) is 11.8 Å². The van der Waals surface area contributed by atoms with E-state index in [1.54, 1.807) is 0 Å². The first-order chi connectivity index (χ1) is 7.27. The van der Waals surface area contributed by atoms with Crippen LogP contribution in [0.2, 0.25) is 0 Å². The minimum Gasteiger partial charge on any atom is -0.329 e. The van der Waals surface area contributed by atoms with Crippen molar-refractivity contribution in [2.45, 2.75) is 31.6 Å². The van der Waals surface area contributed by atoms with Gasteiger partial charge >= 0.3 is 0 Å². The van der Waals surface area contributed by atoms with Gasteiger partial charge in [0.05, 0.1) is 0 Å². The van der Waals surface area contributed by atoms with Crippen molar-refractivity contribution >= 4 is 23.5 Å². The van der Waals surface area contributed by atoms with Crippen molar-refractivity contribution in [2.24, 2.45) is 5.73 Å². The summed E-state index contributed by atoms with van der Waals surface area (Å²) in [6, 6.07) is 0.618. The van der Waals surface area contributed by atoms with Gasteiger partial charge in [0, 0.05) is 36.7 Å². The fourth-order valence-corrected chi connectivity index (χ4v) is 3.76. The minimum atomic E-state index is 0.618. The van der Waals surface area contributed by atoms with E-state index in [4.69, 9.17) is 5.73 Å². The van der Waals surface area contributed by atoms with Gasteiger partial charge in [-0.25, -0.2) is 0 Å². The van der Waals surface area contributed by atoms with E-state index in [2.05, 4.69) is 30.5 Å². The second kappa shape index (κ2) is 7.82. The number of hydrogen-bond donors (Lipinski definition) is 1. The Labute approximate surface area is 103 Å². The molecule has 0 aliphatic carbocycles. The van der Waals surface area contributed by atoms with E-state index in [9.17, 15) is 0 Å². The maximum Gasteiger partial charge on any atom is 0.0227 e. The predicted octanol–water partition coefficient (Wildman–Crippen LogP) is 1.89. The zero-order valence-corrected chi connectivity index (χ0v) is 11.6.